The third-order valence-electron chi connectivity index (χ3n) is 4.28. The highest BCUT2D eigenvalue weighted by Gasteiger charge is 2.31. The monoisotopic (exact) mass is 352 g/mol. The quantitative estimate of drug-likeness (QED) is 0.824. The molecule has 8 heteroatoms. The maximum absolute atomic E-state index is 12.9. The fraction of sp³-hybridized carbons (Fsp3) is 0.333. The molecule has 4 rings (SSSR count). The number of carbonyl (C=O) groups is 1. The third kappa shape index (κ3) is 2.99. The molecule has 0 spiro atoms. The molecule has 1 aromatic carbocycles. The molecule has 0 aliphatic carbocycles. The fourth-order valence-electron chi connectivity index (χ4n) is 3.07. The summed E-state index contributed by atoms with van der Waals surface area (Å²) in [4.78, 5) is 22.6. The lowest BCUT2D eigenvalue weighted by Gasteiger charge is -2.23. The van der Waals surface area contributed by atoms with Crippen LogP contribution in [0.3, 0.4) is 0 Å². The number of hydrogen-bond donors (Lipinski definition) is 0. The van der Waals surface area contributed by atoms with E-state index >= 15 is 0 Å². The second kappa shape index (κ2) is 6.88. The van der Waals surface area contributed by atoms with Crippen molar-refractivity contribution in [3.63, 3.8) is 0 Å². The van der Waals surface area contributed by atoms with Gasteiger partial charge in [-0.15, -0.1) is 0 Å². The van der Waals surface area contributed by atoms with Gasteiger partial charge >= 0.3 is 0 Å². The first-order valence-electron chi connectivity index (χ1n) is 8.32. The van der Waals surface area contributed by atoms with Gasteiger partial charge in [-0.2, -0.15) is 5.26 Å². The van der Waals surface area contributed by atoms with Gasteiger partial charge in [-0.05, 0) is 12.1 Å². The second-order valence-electron chi connectivity index (χ2n) is 5.93. The van der Waals surface area contributed by atoms with Crippen molar-refractivity contribution in [2.24, 2.45) is 0 Å². The van der Waals surface area contributed by atoms with E-state index in [1.807, 2.05) is 6.07 Å². The van der Waals surface area contributed by atoms with Crippen LogP contribution in [-0.4, -0.2) is 53.2 Å². The predicted octanol–water partition coefficient (Wildman–Crippen LogP) is 1.41. The summed E-state index contributed by atoms with van der Waals surface area (Å²) in [5.74, 6) is 1.15. The zero-order valence-corrected chi connectivity index (χ0v) is 13.9. The van der Waals surface area contributed by atoms with Crippen molar-refractivity contribution in [1.82, 2.24) is 14.9 Å². The number of rotatable bonds is 3. The molecule has 2 aromatic rings. The Hall–Kier alpha value is -3.34. The Morgan fingerprint density at radius 2 is 2.12 bits per heavy atom. The molecule has 132 valence electrons. The number of aromatic nitrogens is 2. The van der Waals surface area contributed by atoms with Gasteiger partial charge in [0.2, 0.25) is 5.69 Å². The number of hydrogen-bond acceptors (Lipinski definition) is 7. The largest absolute Gasteiger partial charge is 0.486 e. The summed E-state index contributed by atoms with van der Waals surface area (Å²) in [5.41, 5.74) is 0.625. The summed E-state index contributed by atoms with van der Waals surface area (Å²) in [6.45, 7) is 1.86. The van der Waals surface area contributed by atoms with Gasteiger partial charge in [-0.25, -0.2) is 9.97 Å². The van der Waals surface area contributed by atoms with Gasteiger partial charge in [0.1, 0.15) is 25.4 Å². The molecule has 1 amide bonds. The van der Waals surface area contributed by atoms with E-state index in [1.165, 1.54) is 12.4 Å². The second-order valence-corrected chi connectivity index (χ2v) is 5.93. The number of nitrogens with zero attached hydrogens (tertiary/aromatic N) is 4. The van der Waals surface area contributed by atoms with Gasteiger partial charge in [0, 0.05) is 25.4 Å². The molecule has 1 fully saturated rings. The van der Waals surface area contributed by atoms with E-state index in [-0.39, 0.29) is 23.6 Å². The van der Waals surface area contributed by atoms with E-state index in [9.17, 15) is 4.79 Å². The minimum Gasteiger partial charge on any atom is -0.486 e. The first kappa shape index (κ1) is 16.1. The summed E-state index contributed by atoms with van der Waals surface area (Å²) in [6.07, 6.45) is 3.33. The Kier molecular flexibility index (Phi) is 4.27. The molecule has 26 heavy (non-hydrogen) atoms. The number of benzene rings is 1. The zero-order valence-electron chi connectivity index (χ0n) is 13.9. The molecule has 1 atom stereocenters. The van der Waals surface area contributed by atoms with E-state index < -0.39 is 0 Å². The van der Waals surface area contributed by atoms with Crippen molar-refractivity contribution in [2.45, 2.75) is 12.5 Å². The smallest absolute Gasteiger partial charge is 0.257 e. The van der Waals surface area contributed by atoms with Crippen LogP contribution in [0.15, 0.2) is 30.6 Å². The number of para-hydroxylation sites is 1. The van der Waals surface area contributed by atoms with Crippen LogP contribution in [0.2, 0.25) is 0 Å². The number of amides is 1. The maximum Gasteiger partial charge on any atom is 0.257 e. The van der Waals surface area contributed by atoms with Crippen molar-refractivity contribution >= 4 is 5.91 Å². The van der Waals surface area contributed by atoms with Crippen molar-refractivity contribution in [3.05, 3.63) is 41.9 Å². The first-order chi connectivity index (χ1) is 12.8. The molecular weight excluding hydrogens is 336 g/mol. The van der Waals surface area contributed by atoms with Crippen LogP contribution >= 0.6 is 0 Å². The average Bonchev–Trinajstić information content (AvgIpc) is 3.16. The third-order valence-corrected chi connectivity index (χ3v) is 4.28. The van der Waals surface area contributed by atoms with Crippen LogP contribution in [0, 0.1) is 11.3 Å². The highest BCUT2D eigenvalue weighted by atomic mass is 16.6. The summed E-state index contributed by atoms with van der Waals surface area (Å²) in [6, 6.07) is 7.26. The van der Waals surface area contributed by atoms with Gasteiger partial charge in [-0.1, -0.05) is 6.07 Å². The van der Waals surface area contributed by atoms with Gasteiger partial charge in [0.25, 0.3) is 11.8 Å². The molecule has 8 nitrogen and oxygen atoms in total. The summed E-state index contributed by atoms with van der Waals surface area (Å²) in [5, 5.41) is 9.07. The fourth-order valence-corrected chi connectivity index (χ4v) is 3.07. The van der Waals surface area contributed by atoms with Crippen molar-refractivity contribution in [1.29, 1.82) is 5.26 Å². The van der Waals surface area contributed by atoms with E-state index in [0.717, 1.165) is 0 Å². The average molecular weight is 352 g/mol. The molecule has 0 bridgehead atoms. The van der Waals surface area contributed by atoms with E-state index in [1.54, 1.807) is 23.1 Å². The Morgan fingerprint density at radius 3 is 3.00 bits per heavy atom. The van der Waals surface area contributed by atoms with E-state index in [2.05, 4.69) is 9.97 Å². The first-order valence-corrected chi connectivity index (χ1v) is 8.32. The molecule has 1 unspecified atom stereocenters. The lowest BCUT2D eigenvalue weighted by molar-refractivity contribution is 0.0760. The Balaban J connectivity index is 1.47. The number of ether oxygens (including phenoxy) is 3. The number of likely N-dealkylation sites (tertiary alicyclic amines) is 1. The zero-order chi connectivity index (χ0) is 17.9. The molecule has 3 heterocycles. The highest BCUT2D eigenvalue weighted by Crippen LogP contribution is 2.34. The van der Waals surface area contributed by atoms with E-state index in [0.29, 0.717) is 49.8 Å². The molecule has 0 N–H and O–H groups in total. The van der Waals surface area contributed by atoms with Crippen LogP contribution in [0.1, 0.15) is 22.5 Å². The lowest BCUT2D eigenvalue weighted by Crippen LogP contribution is -2.32. The van der Waals surface area contributed by atoms with Gasteiger partial charge < -0.3 is 19.1 Å². The van der Waals surface area contributed by atoms with Gasteiger partial charge in [0.15, 0.2) is 11.5 Å². The molecule has 0 saturated carbocycles. The minimum atomic E-state index is -0.237. The molecule has 1 saturated heterocycles. The van der Waals surface area contributed by atoms with E-state index in [4.69, 9.17) is 19.5 Å². The van der Waals surface area contributed by atoms with Gasteiger partial charge in [0.05, 0.1) is 12.1 Å². The van der Waals surface area contributed by atoms with Crippen LogP contribution < -0.4 is 14.2 Å². The number of fused-ring (bicyclic) bond motifs is 1. The van der Waals surface area contributed by atoms with Crippen LogP contribution in [0.4, 0.5) is 0 Å². The normalized spacial score (nSPS) is 18.3. The Labute approximate surface area is 149 Å². The van der Waals surface area contributed by atoms with Crippen molar-refractivity contribution in [3.8, 4) is 23.4 Å². The maximum atomic E-state index is 12.9. The van der Waals surface area contributed by atoms with Gasteiger partial charge in [-0.3, -0.25) is 4.79 Å². The molecule has 2 aliphatic heterocycles. The van der Waals surface area contributed by atoms with Crippen LogP contribution in [-0.2, 0) is 0 Å². The number of nitriles is 1. The molecule has 1 aromatic heterocycles. The standard InChI is InChI=1S/C18H16N4O4/c19-10-14-17(21-6-5-20-14)26-12-4-7-22(11-12)18(23)13-2-1-3-15-16(13)25-9-8-24-15/h1-3,5-6,12H,4,7-9,11H2. The minimum absolute atomic E-state index is 0.127. The topological polar surface area (TPSA) is 97.6 Å². The predicted molar refractivity (Wildman–Crippen MR) is 89.1 cm³/mol. The molecule has 0 radical (unpaired) electrons. The van der Waals surface area contributed by atoms with Crippen LogP contribution in [0.5, 0.6) is 17.4 Å². The van der Waals surface area contributed by atoms with Crippen molar-refractivity contribution in [2.75, 3.05) is 26.3 Å². The summed E-state index contributed by atoms with van der Waals surface area (Å²) < 4.78 is 16.9. The summed E-state index contributed by atoms with van der Waals surface area (Å²) in [7, 11) is 0. The molecule has 2 aliphatic rings. The van der Waals surface area contributed by atoms with Crippen LogP contribution in [0.25, 0.3) is 0 Å². The van der Waals surface area contributed by atoms with Crippen molar-refractivity contribution < 1.29 is 19.0 Å². The molecular formula is C18H16N4O4. The number of carbonyl (C=O) groups excluding carboxylic acids is 1. The Morgan fingerprint density at radius 1 is 1.27 bits per heavy atom. The summed E-state index contributed by atoms with van der Waals surface area (Å²) >= 11 is 0. The highest BCUT2D eigenvalue weighted by molar-refractivity contribution is 5.98. The Bertz CT molecular complexity index is 880. The SMILES string of the molecule is N#Cc1nccnc1OC1CCN(C(=O)c2cccc3c2OCCO3)C1. The lowest BCUT2D eigenvalue weighted by atomic mass is 10.1.